The van der Waals surface area contributed by atoms with Gasteiger partial charge in [0.25, 0.3) is 5.56 Å². The van der Waals surface area contributed by atoms with Crippen LogP contribution in [0.4, 0.5) is 5.95 Å². The Kier molecular flexibility index (Phi) is 2.34. The van der Waals surface area contributed by atoms with Gasteiger partial charge in [0.15, 0.2) is 0 Å². The van der Waals surface area contributed by atoms with Crippen molar-refractivity contribution in [2.45, 2.75) is 6.92 Å². The maximum Gasteiger partial charge on any atom is 0.261 e. The van der Waals surface area contributed by atoms with Crippen LogP contribution in [0, 0.1) is 6.92 Å². The lowest BCUT2D eigenvalue weighted by Gasteiger charge is -1.96. The monoisotopic (exact) mass is 259 g/mol. The molecule has 0 bridgehead atoms. The number of nitrogens with two attached hydrogens (primary N) is 1. The summed E-state index contributed by atoms with van der Waals surface area (Å²) in [7, 11) is 0. The van der Waals surface area contributed by atoms with E-state index in [0.717, 1.165) is 16.1 Å². The fourth-order valence-corrected chi connectivity index (χ4v) is 2.97. The van der Waals surface area contributed by atoms with Gasteiger partial charge in [0.1, 0.15) is 4.83 Å². The maximum absolute atomic E-state index is 11.9. The molecule has 3 heterocycles. The maximum atomic E-state index is 11.9. The van der Waals surface area contributed by atoms with Gasteiger partial charge in [0.05, 0.1) is 22.2 Å². The van der Waals surface area contributed by atoms with Crippen LogP contribution in [0.2, 0.25) is 0 Å². The van der Waals surface area contributed by atoms with E-state index in [4.69, 9.17) is 5.73 Å². The molecule has 0 unspecified atom stereocenters. The number of aromatic amines is 1. The number of aryl methyl sites for hydroxylation is 1. The Morgan fingerprint density at radius 1 is 1.39 bits per heavy atom. The highest BCUT2D eigenvalue weighted by atomic mass is 32.1. The van der Waals surface area contributed by atoms with Gasteiger partial charge in [-0.3, -0.25) is 19.7 Å². The second-order valence-corrected chi connectivity index (χ2v) is 4.78. The lowest BCUT2D eigenvalue weighted by molar-refractivity contribution is 1.19. The topological polar surface area (TPSA) is 97.5 Å². The molecule has 0 radical (unpaired) electrons. The van der Waals surface area contributed by atoms with Gasteiger partial charge in [0, 0.05) is 12.4 Å². The van der Waals surface area contributed by atoms with E-state index in [1.807, 2.05) is 6.92 Å². The predicted octanol–water partition coefficient (Wildman–Crippen LogP) is 1.33. The molecule has 90 valence electrons. The Morgan fingerprint density at radius 3 is 2.94 bits per heavy atom. The van der Waals surface area contributed by atoms with Crippen LogP contribution in [0.1, 0.15) is 5.56 Å². The molecule has 0 aliphatic carbocycles. The Morgan fingerprint density at radius 2 is 2.22 bits per heavy atom. The van der Waals surface area contributed by atoms with E-state index < -0.39 is 0 Å². The van der Waals surface area contributed by atoms with Crippen LogP contribution < -0.4 is 11.3 Å². The minimum atomic E-state index is -0.221. The van der Waals surface area contributed by atoms with Gasteiger partial charge in [-0.15, -0.1) is 11.3 Å². The summed E-state index contributed by atoms with van der Waals surface area (Å²) in [4.78, 5) is 28.3. The molecular weight excluding hydrogens is 250 g/mol. The van der Waals surface area contributed by atoms with E-state index in [1.165, 1.54) is 11.3 Å². The third-order valence-electron chi connectivity index (χ3n) is 2.61. The number of nitrogens with one attached hydrogen (secondary N) is 1. The second-order valence-electron chi connectivity index (χ2n) is 3.78. The van der Waals surface area contributed by atoms with Crippen LogP contribution >= 0.6 is 11.3 Å². The summed E-state index contributed by atoms with van der Waals surface area (Å²) in [5.41, 5.74) is 6.90. The number of fused-ring (bicyclic) bond motifs is 1. The minimum absolute atomic E-state index is 0.124. The lowest BCUT2D eigenvalue weighted by atomic mass is 10.2. The van der Waals surface area contributed by atoms with Crippen LogP contribution in [0.3, 0.4) is 0 Å². The van der Waals surface area contributed by atoms with E-state index in [2.05, 4.69) is 19.9 Å². The van der Waals surface area contributed by atoms with Gasteiger partial charge in [0.2, 0.25) is 5.95 Å². The minimum Gasteiger partial charge on any atom is -0.369 e. The molecule has 0 saturated heterocycles. The van der Waals surface area contributed by atoms with Gasteiger partial charge >= 0.3 is 0 Å². The molecule has 6 nitrogen and oxygen atoms in total. The number of nitrogen functional groups attached to an aromatic ring is 1. The third-order valence-corrected chi connectivity index (χ3v) is 3.82. The first kappa shape index (κ1) is 10.8. The summed E-state index contributed by atoms with van der Waals surface area (Å²) in [6, 6.07) is 0. The zero-order valence-corrected chi connectivity index (χ0v) is 10.3. The van der Waals surface area contributed by atoms with Gasteiger partial charge in [-0.25, -0.2) is 4.98 Å². The highest BCUT2D eigenvalue weighted by Crippen LogP contribution is 2.34. The third kappa shape index (κ3) is 1.56. The van der Waals surface area contributed by atoms with E-state index in [9.17, 15) is 4.79 Å². The Hall–Kier alpha value is -2.28. The molecule has 0 spiro atoms. The molecular formula is C11H9N5OS. The number of aromatic nitrogens is 4. The van der Waals surface area contributed by atoms with Gasteiger partial charge in [-0.1, -0.05) is 0 Å². The van der Waals surface area contributed by atoms with Crippen molar-refractivity contribution in [2.24, 2.45) is 0 Å². The Bertz CT molecular complexity index is 777. The van der Waals surface area contributed by atoms with Crippen molar-refractivity contribution in [1.29, 1.82) is 0 Å². The smallest absolute Gasteiger partial charge is 0.261 e. The first-order valence-corrected chi connectivity index (χ1v) is 6.03. The summed E-state index contributed by atoms with van der Waals surface area (Å²) in [6.07, 6.45) is 4.88. The molecule has 3 aromatic heterocycles. The van der Waals surface area contributed by atoms with Crippen LogP contribution in [-0.2, 0) is 0 Å². The largest absolute Gasteiger partial charge is 0.369 e. The number of hydrogen-bond acceptors (Lipinski definition) is 6. The Balaban J connectivity index is 2.37. The van der Waals surface area contributed by atoms with Crippen molar-refractivity contribution in [3.05, 3.63) is 34.5 Å². The van der Waals surface area contributed by atoms with Crippen LogP contribution in [-0.4, -0.2) is 19.9 Å². The number of nitrogens with zero attached hydrogens (tertiary/aromatic N) is 3. The highest BCUT2D eigenvalue weighted by Gasteiger charge is 2.15. The summed E-state index contributed by atoms with van der Waals surface area (Å²) >= 11 is 1.39. The van der Waals surface area contributed by atoms with Gasteiger partial charge in [-0.2, -0.15) is 0 Å². The SMILES string of the molecule is Cc1c(-c2cnccn2)sc2nc(N)[nH]c(=O)c12. The van der Waals surface area contributed by atoms with Gasteiger partial charge < -0.3 is 5.73 Å². The fourth-order valence-electron chi connectivity index (χ4n) is 1.82. The van der Waals surface area contributed by atoms with Crippen LogP contribution in [0.15, 0.2) is 23.4 Å². The average molecular weight is 259 g/mol. The van der Waals surface area contributed by atoms with Crippen molar-refractivity contribution in [3.8, 4) is 10.6 Å². The first-order chi connectivity index (χ1) is 8.66. The van der Waals surface area contributed by atoms with E-state index in [-0.39, 0.29) is 11.5 Å². The lowest BCUT2D eigenvalue weighted by Crippen LogP contribution is -2.10. The molecule has 0 amide bonds. The number of hydrogen-bond donors (Lipinski definition) is 2. The molecule has 3 aromatic rings. The molecule has 0 aromatic carbocycles. The van der Waals surface area contributed by atoms with E-state index >= 15 is 0 Å². The molecule has 0 aliphatic heterocycles. The second kappa shape index (κ2) is 3.88. The van der Waals surface area contributed by atoms with Crippen molar-refractivity contribution >= 4 is 27.5 Å². The van der Waals surface area contributed by atoms with Crippen molar-refractivity contribution in [1.82, 2.24) is 19.9 Å². The van der Waals surface area contributed by atoms with E-state index in [1.54, 1.807) is 18.6 Å². The van der Waals surface area contributed by atoms with Crippen LogP contribution in [0.5, 0.6) is 0 Å². The molecule has 3 rings (SSSR count). The van der Waals surface area contributed by atoms with Crippen molar-refractivity contribution in [3.63, 3.8) is 0 Å². The summed E-state index contributed by atoms with van der Waals surface area (Å²) in [6.45, 7) is 1.87. The number of H-pyrrole nitrogens is 1. The fraction of sp³-hybridized carbons (Fsp3) is 0.0909. The highest BCUT2D eigenvalue weighted by molar-refractivity contribution is 7.22. The zero-order chi connectivity index (χ0) is 12.7. The summed E-state index contributed by atoms with van der Waals surface area (Å²) in [5.74, 6) is 0.124. The quantitative estimate of drug-likeness (QED) is 0.687. The molecule has 18 heavy (non-hydrogen) atoms. The zero-order valence-electron chi connectivity index (χ0n) is 9.47. The predicted molar refractivity (Wildman–Crippen MR) is 70.4 cm³/mol. The Labute approximate surface area is 106 Å². The number of rotatable bonds is 1. The number of thiophene rings is 1. The molecule has 3 N–H and O–H groups in total. The molecule has 0 fully saturated rings. The van der Waals surface area contributed by atoms with Gasteiger partial charge in [-0.05, 0) is 12.5 Å². The summed E-state index contributed by atoms with van der Waals surface area (Å²) < 4.78 is 0. The average Bonchev–Trinajstić information content (AvgIpc) is 2.67. The van der Waals surface area contributed by atoms with E-state index in [0.29, 0.717) is 10.2 Å². The molecule has 0 aliphatic rings. The normalized spacial score (nSPS) is 10.9. The van der Waals surface area contributed by atoms with Crippen molar-refractivity contribution in [2.75, 3.05) is 5.73 Å². The summed E-state index contributed by atoms with van der Waals surface area (Å²) in [5, 5.41) is 0.565. The molecule has 0 atom stereocenters. The number of anilines is 1. The molecule has 7 heteroatoms. The van der Waals surface area contributed by atoms with Crippen LogP contribution in [0.25, 0.3) is 20.8 Å². The first-order valence-electron chi connectivity index (χ1n) is 5.22. The van der Waals surface area contributed by atoms with Crippen molar-refractivity contribution < 1.29 is 0 Å². The molecule has 0 saturated carbocycles. The standard InChI is InChI=1S/C11H9N5OS/c1-5-7-9(17)15-11(12)16-10(7)18-8(5)6-4-13-2-3-14-6/h2-4H,1H3,(H3,12,15,16,17).